The summed E-state index contributed by atoms with van der Waals surface area (Å²) >= 11 is 0. The molecule has 1 aromatic carbocycles. The van der Waals surface area contributed by atoms with Crippen LogP contribution in [0.1, 0.15) is 48.9 Å². The number of aromatic nitrogens is 5. The summed E-state index contributed by atoms with van der Waals surface area (Å²) in [5.74, 6) is -0.714. The minimum atomic E-state index is -3.17. The second-order valence-electron chi connectivity index (χ2n) is 8.81. The molecule has 13 heteroatoms. The van der Waals surface area contributed by atoms with Crippen molar-refractivity contribution < 1.29 is 26.3 Å². The molecule has 0 bridgehead atoms. The number of benzene rings is 1. The van der Waals surface area contributed by atoms with Crippen LogP contribution in [0.25, 0.3) is 16.7 Å². The van der Waals surface area contributed by atoms with E-state index in [0.29, 0.717) is 28.1 Å². The van der Waals surface area contributed by atoms with Crippen molar-refractivity contribution >= 4 is 32.3 Å². The number of nitrogens with zero attached hydrogens (tertiary/aromatic N) is 5. The first-order valence-corrected chi connectivity index (χ1v) is 13.0. The summed E-state index contributed by atoms with van der Waals surface area (Å²) in [7, 11) is -1.65. The summed E-state index contributed by atoms with van der Waals surface area (Å²) in [6.45, 7) is 1.64. The van der Waals surface area contributed by atoms with Crippen LogP contribution in [0.3, 0.4) is 0 Å². The Balaban J connectivity index is 1.63. The van der Waals surface area contributed by atoms with Gasteiger partial charge >= 0.3 is 0 Å². The van der Waals surface area contributed by atoms with E-state index in [9.17, 15) is 21.6 Å². The Morgan fingerprint density at radius 3 is 2.56 bits per heavy atom. The fourth-order valence-corrected chi connectivity index (χ4v) is 6.24. The van der Waals surface area contributed by atoms with Gasteiger partial charge < -0.3 is 10.1 Å². The number of halogens is 3. The number of hydrogen-bond acceptors (Lipinski definition) is 8. The Morgan fingerprint density at radius 2 is 1.86 bits per heavy atom. The topological polar surface area (TPSA) is 111 Å². The molecule has 1 N–H and O–H groups in total. The summed E-state index contributed by atoms with van der Waals surface area (Å²) in [5.41, 5.74) is 0.0234. The van der Waals surface area contributed by atoms with Gasteiger partial charge in [-0.2, -0.15) is 0 Å². The van der Waals surface area contributed by atoms with Gasteiger partial charge in [0.1, 0.15) is 24.3 Å². The second-order valence-corrected chi connectivity index (χ2v) is 11.1. The fourth-order valence-electron chi connectivity index (χ4n) is 4.75. The van der Waals surface area contributed by atoms with Crippen molar-refractivity contribution in [3.8, 4) is 0 Å². The maximum atomic E-state index is 14.8. The Hall–Kier alpha value is -3.32. The van der Waals surface area contributed by atoms with E-state index in [1.54, 1.807) is 17.4 Å². The predicted octanol–water partition coefficient (Wildman–Crippen LogP) is 3.97. The predicted molar refractivity (Wildman–Crippen MR) is 126 cm³/mol. The first-order valence-electron chi connectivity index (χ1n) is 11.2. The van der Waals surface area contributed by atoms with Gasteiger partial charge in [-0.1, -0.05) is 18.2 Å². The summed E-state index contributed by atoms with van der Waals surface area (Å²) in [4.78, 5) is 8.68. The summed E-state index contributed by atoms with van der Waals surface area (Å²) in [6.07, 6.45) is 0.334. The average molecular weight is 521 g/mol. The van der Waals surface area contributed by atoms with E-state index in [-0.39, 0.29) is 29.9 Å². The molecule has 0 amide bonds. The van der Waals surface area contributed by atoms with E-state index in [2.05, 4.69) is 25.5 Å². The highest BCUT2D eigenvalue weighted by Gasteiger charge is 2.41. The highest BCUT2D eigenvalue weighted by Crippen LogP contribution is 2.41. The lowest BCUT2D eigenvalue weighted by molar-refractivity contribution is -0.0223. The smallest absolute Gasteiger partial charge is 0.266 e. The highest BCUT2D eigenvalue weighted by molar-refractivity contribution is 7.91. The summed E-state index contributed by atoms with van der Waals surface area (Å²) < 4.78 is 73.0. The molecule has 190 valence electrons. The molecule has 5 rings (SSSR count). The van der Waals surface area contributed by atoms with Gasteiger partial charge in [0.15, 0.2) is 21.1 Å². The molecule has 9 nitrogen and oxygen atoms in total. The van der Waals surface area contributed by atoms with Crippen LogP contribution >= 0.6 is 0 Å². The van der Waals surface area contributed by atoms with Crippen LogP contribution in [0.2, 0.25) is 0 Å². The molecule has 4 heterocycles. The van der Waals surface area contributed by atoms with Gasteiger partial charge in [-0.15, -0.1) is 10.2 Å². The molecule has 1 atom stereocenters. The van der Waals surface area contributed by atoms with E-state index in [4.69, 9.17) is 4.74 Å². The van der Waals surface area contributed by atoms with Gasteiger partial charge in [-0.3, -0.25) is 4.40 Å². The van der Waals surface area contributed by atoms with Gasteiger partial charge in [0.05, 0.1) is 34.1 Å². The van der Waals surface area contributed by atoms with Crippen molar-refractivity contribution in [2.45, 2.75) is 37.8 Å². The third-order valence-corrected chi connectivity index (χ3v) is 8.45. The lowest BCUT2D eigenvalue weighted by Gasteiger charge is -2.36. The van der Waals surface area contributed by atoms with Crippen LogP contribution in [0.5, 0.6) is 0 Å². The van der Waals surface area contributed by atoms with Crippen molar-refractivity contribution in [2.75, 3.05) is 23.9 Å². The molecule has 0 unspecified atom stereocenters. The largest absolute Gasteiger partial charge is 0.373 e. The molecule has 1 aliphatic rings. The number of alkyl halides is 2. The SMILES string of the molecule is COC1(c2cc3c(N[C@H](C)c4cccc(C(F)F)c4F)ncnc3n3cnnc23)CCS(=O)(=O)CC1. The normalized spacial score (nSPS) is 18.1. The van der Waals surface area contributed by atoms with Gasteiger partial charge in [-0.25, -0.2) is 31.6 Å². The Bertz CT molecular complexity index is 1550. The second kappa shape index (κ2) is 8.96. The van der Waals surface area contributed by atoms with Crippen LogP contribution in [-0.4, -0.2) is 51.6 Å². The van der Waals surface area contributed by atoms with Crippen molar-refractivity contribution in [2.24, 2.45) is 0 Å². The molecule has 3 aromatic heterocycles. The number of hydrogen-bond donors (Lipinski definition) is 1. The number of rotatable bonds is 6. The average Bonchev–Trinajstić information content (AvgIpc) is 3.34. The van der Waals surface area contributed by atoms with Crippen molar-refractivity contribution in [3.63, 3.8) is 0 Å². The molecule has 1 fully saturated rings. The first kappa shape index (κ1) is 24.4. The van der Waals surface area contributed by atoms with E-state index >= 15 is 0 Å². The lowest BCUT2D eigenvalue weighted by atomic mass is 9.87. The zero-order chi connectivity index (χ0) is 25.7. The van der Waals surface area contributed by atoms with Crippen LogP contribution in [0, 0.1) is 5.82 Å². The van der Waals surface area contributed by atoms with Gasteiger partial charge in [-0.05, 0) is 25.8 Å². The highest BCUT2D eigenvalue weighted by atomic mass is 32.2. The zero-order valence-corrected chi connectivity index (χ0v) is 20.3. The first-order chi connectivity index (χ1) is 17.2. The van der Waals surface area contributed by atoms with E-state index < -0.39 is 39.3 Å². The third-order valence-electron chi connectivity index (χ3n) is 6.80. The molecule has 4 aromatic rings. The van der Waals surface area contributed by atoms with Crippen LogP contribution in [0.15, 0.2) is 36.9 Å². The van der Waals surface area contributed by atoms with Crippen molar-refractivity contribution in [1.29, 1.82) is 0 Å². The maximum Gasteiger partial charge on any atom is 0.266 e. The molecule has 0 aliphatic carbocycles. The van der Waals surface area contributed by atoms with E-state index in [1.807, 2.05) is 0 Å². The molecule has 1 aliphatic heterocycles. The zero-order valence-electron chi connectivity index (χ0n) is 19.5. The van der Waals surface area contributed by atoms with Crippen molar-refractivity contribution in [3.05, 3.63) is 59.4 Å². The minimum Gasteiger partial charge on any atom is -0.373 e. The Morgan fingerprint density at radius 1 is 1.14 bits per heavy atom. The Kier molecular flexibility index (Phi) is 6.07. The number of sulfone groups is 1. The number of nitrogens with one attached hydrogen (secondary N) is 1. The van der Waals surface area contributed by atoms with E-state index in [0.717, 1.165) is 6.07 Å². The van der Waals surface area contributed by atoms with Crippen LogP contribution in [-0.2, 0) is 20.2 Å². The third kappa shape index (κ3) is 4.05. The van der Waals surface area contributed by atoms with E-state index in [1.165, 1.54) is 31.9 Å². The number of anilines is 1. The number of ether oxygens (including phenoxy) is 1. The lowest BCUT2D eigenvalue weighted by Crippen LogP contribution is -2.39. The molecular formula is C23H23F3N6O3S. The van der Waals surface area contributed by atoms with Crippen LogP contribution < -0.4 is 5.32 Å². The standard InChI is InChI=1S/C23H23F3N6O3S/c1-13(14-4-3-5-15(18(14)24)19(25)26)30-20-16-10-17(23(35-2)6-8-36(33,34)9-7-23)22-31-29-12-32(22)21(16)28-11-27-20/h3-5,10-13,19H,6-9H2,1-2H3,(H,27,28,30)/t13-/m1/s1. The summed E-state index contributed by atoms with van der Waals surface area (Å²) in [6, 6.07) is 4.95. The molecular weight excluding hydrogens is 497 g/mol. The monoisotopic (exact) mass is 520 g/mol. The van der Waals surface area contributed by atoms with Gasteiger partial charge in [0.25, 0.3) is 6.43 Å². The molecule has 1 saturated heterocycles. The molecule has 0 saturated carbocycles. The minimum absolute atomic E-state index is 0.0354. The van der Waals surface area contributed by atoms with Gasteiger partial charge in [0.2, 0.25) is 0 Å². The van der Waals surface area contributed by atoms with Crippen LogP contribution in [0.4, 0.5) is 19.0 Å². The number of pyridine rings is 1. The fraction of sp³-hybridized carbons (Fsp3) is 0.391. The molecule has 0 radical (unpaired) electrons. The number of methoxy groups -OCH3 is 1. The van der Waals surface area contributed by atoms with Crippen molar-refractivity contribution in [1.82, 2.24) is 24.6 Å². The number of fused-ring (bicyclic) bond motifs is 3. The quantitative estimate of drug-likeness (QED) is 0.407. The maximum absolute atomic E-state index is 14.8. The summed E-state index contributed by atoms with van der Waals surface area (Å²) in [5, 5.41) is 11.9. The molecule has 0 spiro atoms. The Labute approximate surface area is 204 Å². The molecule has 36 heavy (non-hydrogen) atoms. The van der Waals surface area contributed by atoms with Gasteiger partial charge in [0, 0.05) is 18.2 Å².